The predicted molar refractivity (Wildman–Crippen MR) is 138 cm³/mol. The molecule has 7 nitrogen and oxygen atoms in total. The van der Waals surface area contributed by atoms with Crippen LogP contribution in [-0.4, -0.2) is 69.4 Å². The van der Waals surface area contributed by atoms with Crippen LogP contribution in [0.25, 0.3) is 22.0 Å². The number of carbonyl (C=O) groups is 2. The van der Waals surface area contributed by atoms with E-state index in [0.29, 0.717) is 25.3 Å². The third-order valence-corrected chi connectivity index (χ3v) is 7.67. The third-order valence-electron chi connectivity index (χ3n) is 7.09. The van der Waals surface area contributed by atoms with Gasteiger partial charge in [-0.15, -0.1) is 11.3 Å². The summed E-state index contributed by atoms with van der Waals surface area (Å²) in [5.74, 6) is 0.0757. The molecule has 2 aliphatic rings. The van der Waals surface area contributed by atoms with E-state index in [-0.39, 0.29) is 23.9 Å². The number of aromatic nitrogens is 2. The molecule has 2 aromatic heterocycles. The summed E-state index contributed by atoms with van der Waals surface area (Å²) in [4.78, 5) is 33.6. The maximum absolute atomic E-state index is 13.2. The van der Waals surface area contributed by atoms with Gasteiger partial charge in [0.25, 0.3) is 11.8 Å². The van der Waals surface area contributed by atoms with Crippen LogP contribution >= 0.6 is 11.3 Å². The molecule has 178 valence electrons. The van der Waals surface area contributed by atoms with Gasteiger partial charge in [-0.05, 0) is 30.2 Å². The van der Waals surface area contributed by atoms with Crippen LogP contribution in [0.15, 0.2) is 65.6 Å². The molecule has 6 rings (SSSR count). The largest absolute Gasteiger partial charge is 0.350 e. The van der Waals surface area contributed by atoms with Crippen LogP contribution in [0.2, 0.25) is 0 Å². The summed E-state index contributed by atoms with van der Waals surface area (Å²) in [5.41, 5.74) is 6.34. The van der Waals surface area contributed by atoms with Gasteiger partial charge in [0.05, 0.1) is 5.51 Å². The summed E-state index contributed by atoms with van der Waals surface area (Å²) in [7, 11) is 2.04. The highest BCUT2D eigenvalue weighted by atomic mass is 32.1. The highest BCUT2D eigenvalue weighted by Gasteiger charge is 2.35. The van der Waals surface area contributed by atoms with Crippen molar-refractivity contribution in [1.82, 2.24) is 24.7 Å². The minimum absolute atomic E-state index is 0.00661. The maximum atomic E-state index is 13.2. The van der Waals surface area contributed by atoms with Gasteiger partial charge in [-0.2, -0.15) is 0 Å². The van der Waals surface area contributed by atoms with E-state index in [2.05, 4.69) is 33.2 Å². The summed E-state index contributed by atoms with van der Waals surface area (Å²) in [6, 6.07) is 16.8. The van der Waals surface area contributed by atoms with Crippen molar-refractivity contribution in [3.8, 4) is 11.1 Å². The molecular weight excluding hydrogens is 458 g/mol. The molecule has 0 radical (unpaired) electrons. The first-order valence-electron chi connectivity index (χ1n) is 11.9. The number of hydrogen-bond donors (Lipinski definition) is 1. The molecule has 35 heavy (non-hydrogen) atoms. The fraction of sp³-hybridized carbons (Fsp3) is 0.296. The molecule has 0 unspecified atom stereocenters. The minimum Gasteiger partial charge on any atom is -0.350 e. The molecule has 4 aromatic rings. The zero-order chi connectivity index (χ0) is 23.9. The molecule has 2 saturated heterocycles. The van der Waals surface area contributed by atoms with Gasteiger partial charge < -0.3 is 19.7 Å². The van der Waals surface area contributed by atoms with Gasteiger partial charge in [0.1, 0.15) is 5.69 Å². The van der Waals surface area contributed by atoms with Gasteiger partial charge in [-0.25, -0.2) is 4.98 Å². The molecule has 1 N–H and O–H groups in total. The average Bonchev–Trinajstić information content (AvgIpc) is 3.62. The fourth-order valence-corrected chi connectivity index (χ4v) is 5.73. The Balaban J connectivity index is 1.09. The Bertz CT molecular complexity index is 1380. The smallest absolute Gasteiger partial charge is 0.273 e. The summed E-state index contributed by atoms with van der Waals surface area (Å²) in [5, 5.41) is 6.53. The van der Waals surface area contributed by atoms with Crippen LogP contribution in [0.3, 0.4) is 0 Å². The molecule has 2 aliphatic heterocycles. The second-order valence-corrected chi connectivity index (χ2v) is 10.2. The lowest BCUT2D eigenvalue weighted by Crippen LogP contribution is -2.62. The number of benzene rings is 2. The van der Waals surface area contributed by atoms with Crippen LogP contribution in [0.4, 0.5) is 0 Å². The second-order valence-electron chi connectivity index (χ2n) is 9.44. The van der Waals surface area contributed by atoms with E-state index in [0.717, 1.165) is 40.6 Å². The van der Waals surface area contributed by atoms with Crippen LogP contribution < -0.4 is 5.32 Å². The van der Waals surface area contributed by atoms with Crippen LogP contribution in [0, 0.1) is 0 Å². The van der Waals surface area contributed by atoms with E-state index >= 15 is 0 Å². The van der Waals surface area contributed by atoms with Crippen molar-refractivity contribution in [2.24, 2.45) is 7.05 Å². The number of hydrogen-bond acceptors (Lipinski definition) is 5. The van der Waals surface area contributed by atoms with Gasteiger partial charge in [-0.3, -0.25) is 9.59 Å². The summed E-state index contributed by atoms with van der Waals surface area (Å²) >= 11 is 1.44. The van der Waals surface area contributed by atoms with Crippen molar-refractivity contribution < 1.29 is 9.59 Å². The molecule has 0 spiro atoms. The SMILES string of the molecule is Cn1cc(-c2ccccc2)c2cc(C(=O)N3CC(N[C@H]4CCN(C(=O)c5cscn5)C4)C3)ccc21. The molecule has 2 fully saturated rings. The zero-order valence-electron chi connectivity index (χ0n) is 19.6. The zero-order valence-corrected chi connectivity index (χ0v) is 20.4. The van der Waals surface area contributed by atoms with Crippen molar-refractivity contribution in [3.63, 3.8) is 0 Å². The molecule has 1 atom stereocenters. The molecule has 2 aromatic carbocycles. The molecule has 2 amide bonds. The number of amides is 2. The van der Waals surface area contributed by atoms with Gasteiger partial charge in [0.15, 0.2) is 0 Å². The van der Waals surface area contributed by atoms with E-state index in [9.17, 15) is 9.59 Å². The number of aryl methyl sites for hydroxylation is 1. The minimum atomic E-state index is 0.00661. The number of fused-ring (bicyclic) bond motifs is 1. The number of nitrogens with one attached hydrogen (secondary N) is 1. The van der Waals surface area contributed by atoms with E-state index in [4.69, 9.17) is 0 Å². The Kier molecular flexibility index (Phi) is 5.62. The monoisotopic (exact) mass is 485 g/mol. The lowest BCUT2D eigenvalue weighted by Gasteiger charge is -2.41. The number of nitrogens with zero attached hydrogens (tertiary/aromatic N) is 4. The summed E-state index contributed by atoms with van der Waals surface area (Å²) < 4.78 is 2.11. The lowest BCUT2D eigenvalue weighted by atomic mass is 10.0. The van der Waals surface area contributed by atoms with E-state index in [1.54, 1.807) is 10.9 Å². The lowest BCUT2D eigenvalue weighted by molar-refractivity contribution is 0.0553. The molecule has 0 bridgehead atoms. The number of carbonyl (C=O) groups excluding carboxylic acids is 2. The van der Waals surface area contributed by atoms with Gasteiger partial charge >= 0.3 is 0 Å². The highest BCUT2D eigenvalue weighted by Crippen LogP contribution is 2.31. The van der Waals surface area contributed by atoms with Crippen molar-refractivity contribution in [3.05, 3.63) is 76.9 Å². The number of rotatable bonds is 5. The Morgan fingerprint density at radius 2 is 1.80 bits per heavy atom. The van der Waals surface area contributed by atoms with E-state index < -0.39 is 0 Å². The van der Waals surface area contributed by atoms with Crippen molar-refractivity contribution in [1.29, 1.82) is 0 Å². The van der Waals surface area contributed by atoms with Gasteiger partial charge in [0, 0.05) is 78.9 Å². The predicted octanol–water partition coefficient (Wildman–Crippen LogP) is 3.63. The quantitative estimate of drug-likeness (QED) is 0.469. The molecule has 0 aliphatic carbocycles. The average molecular weight is 486 g/mol. The summed E-state index contributed by atoms with van der Waals surface area (Å²) in [6.45, 7) is 2.81. The Morgan fingerprint density at radius 3 is 2.57 bits per heavy atom. The Labute approximate surface area is 208 Å². The molecular formula is C27H27N5O2S. The highest BCUT2D eigenvalue weighted by molar-refractivity contribution is 7.07. The first-order valence-corrected chi connectivity index (χ1v) is 12.9. The molecule has 0 saturated carbocycles. The fourth-order valence-electron chi connectivity index (χ4n) is 5.20. The number of thiazole rings is 1. The first kappa shape index (κ1) is 22.0. The van der Waals surface area contributed by atoms with Crippen LogP contribution in [-0.2, 0) is 7.05 Å². The third kappa shape index (κ3) is 4.13. The van der Waals surface area contributed by atoms with Gasteiger partial charge in [0.2, 0.25) is 0 Å². The van der Waals surface area contributed by atoms with Crippen LogP contribution in [0.1, 0.15) is 27.3 Å². The Hall–Kier alpha value is -3.49. The topological polar surface area (TPSA) is 70.5 Å². The summed E-state index contributed by atoms with van der Waals surface area (Å²) in [6.07, 6.45) is 3.05. The number of likely N-dealkylation sites (tertiary alicyclic amines) is 2. The Morgan fingerprint density at radius 1 is 1.00 bits per heavy atom. The van der Waals surface area contributed by atoms with Crippen molar-refractivity contribution >= 4 is 34.1 Å². The van der Waals surface area contributed by atoms with Crippen molar-refractivity contribution in [2.45, 2.75) is 18.5 Å². The van der Waals surface area contributed by atoms with E-state index in [1.165, 1.54) is 11.3 Å². The first-order chi connectivity index (χ1) is 17.1. The van der Waals surface area contributed by atoms with Crippen LogP contribution in [0.5, 0.6) is 0 Å². The molecule has 8 heteroatoms. The van der Waals surface area contributed by atoms with Gasteiger partial charge in [-0.1, -0.05) is 30.3 Å². The normalized spacial score (nSPS) is 18.3. The maximum Gasteiger partial charge on any atom is 0.273 e. The van der Waals surface area contributed by atoms with E-state index in [1.807, 2.05) is 53.2 Å². The standard InChI is InChI=1S/C27H27N5O2S/c1-30-15-23(18-5-3-2-4-6-18)22-11-19(7-8-25(22)30)26(33)32-13-21(14-32)29-20-9-10-31(12-20)27(34)24-16-35-17-28-24/h2-8,11,15-17,20-21,29H,9-10,12-14H2,1H3/t20-/m0/s1. The molecule has 4 heterocycles. The second kappa shape index (κ2) is 8.94. The van der Waals surface area contributed by atoms with Crippen molar-refractivity contribution in [2.75, 3.05) is 26.2 Å².